The smallest absolute Gasteiger partial charge is 0.266 e. The van der Waals surface area contributed by atoms with E-state index in [-0.39, 0.29) is 11.6 Å². The predicted molar refractivity (Wildman–Crippen MR) is 73.2 cm³/mol. The van der Waals surface area contributed by atoms with E-state index in [1.165, 1.54) is 10.7 Å². The summed E-state index contributed by atoms with van der Waals surface area (Å²) in [5, 5.41) is 4.26. The lowest BCUT2D eigenvalue weighted by molar-refractivity contribution is 0.414. The van der Waals surface area contributed by atoms with E-state index in [9.17, 15) is 4.79 Å². The molecule has 1 atom stereocenters. The topological polar surface area (TPSA) is 70.1 Å². The third-order valence-corrected chi connectivity index (χ3v) is 2.98. The fraction of sp³-hybridized carbons (Fsp3) is 0.286. The quantitative estimate of drug-likeness (QED) is 0.899. The van der Waals surface area contributed by atoms with E-state index in [0.29, 0.717) is 12.2 Å². The van der Waals surface area contributed by atoms with Gasteiger partial charge in [-0.2, -0.15) is 5.10 Å². The van der Waals surface area contributed by atoms with Gasteiger partial charge in [-0.25, -0.2) is 4.68 Å². The Morgan fingerprint density at radius 2 is 1.95 bits per heavy atom. The Morgan fingerprint density at radius 1 is 1.26 bits per heavy atom. The second kappa shape index (κ2) is 5.67. The molecule has 1 aromatic carbocycles. The summed E-state index contributed by atoms with van der Waals surface area (Å²) in [5.74, 6) is 0.780. The van der Waals surface area contributed by atoms with E-state index in [0.717, 1.165) is 11.3 Å². The van der Waals surface area contributed by atoms with Crippen LogP contribution in [0, 0.1) is 0 Å². The van der Waals surface area contributed by atoms with Gasteiger partial charge in [-0.3, -0.25) is 4.79 Å². The van der Waals surface area contributed by atoms with Crippen molar-refractivity contribution in [3.8, 4) is 5.75 Å². The van der Waals surface area contributed by atoms with Crippen LogP contribution in [0.1, 0.15) is 24.2 Å². The van der Waals surface area contributed by atoms with Gasteiger partial charge in [0.2, 0.25) is 0 Å². The van der Waals surface area contributed by atoms with E-state index >= 15 is 0 Å². The Kier molecular flexibility index (Phi) is 3.97. The zero-order valence-electron chi connectivity index (χ0n) is 11.0. The van der Waals surface area contributed by atoms with Gasteiger partial charge >= 0.3 is 0 Å². The van der Waals surface area contributed by atoms with Gasteiger partial charge in [0.15, 0.2) is 0 Å². The molecule has 1 unspecified atom stereocenters. The number of rotatable bonds is 4. The van der Waals surface area contributed by atoms with Crippen molar-refractivity contribution >= 4 is 0 Å². The molecule has 0 aliphatic heterocycles. The Labute approximate surface area is 111 Å². The van der Waals surface area contributed by atoms with Gasteiger partial charge in [0.1, 0.15) is 5.75 Å². The third kappa shape index (κ3) is 2.82. The minimum Gasteiger partial charge on any atom is -0.497 e. The summed E-state index contributed by atoms with van der Waals surface area (Å²) in [5.41, 5.74) is 7.64. The maximum Gasteiger partial charge on any atom is 0.266 e. The Bertz CT molecular complexity index is 605. The van der Waals surface area contributed by atoms with E-state index in [4.69, 9.17) is 10.5 Å². The lowest BCUT2D eigenvalue weighted by Crippen LogP contribution is -2.25. The molecule has 2 aromatic rings. The van der Waals surface area contributed by atoms with Crippen LogP contribution in [-0.2, 0) is 6.54 Å². The summed E-state index contributed by atoms with van der Waals surface area (Å²) in [7, 11) is 1.62. The average molecular weight is 259 g/mol. The summed E-state index contributed by atoms with van der Waals surface area (Å²) >= 11 is 0. The lowest BCUT2D eigenvalue weighted by Gasteiger charge is -2.13. The molecule has 100 valence electrons. The minimum absolute atomic E-state index is 0.117. The highest BCUT2D eigenvalue weighted by atomic mass is 16.5. The van der Waals surface area contributed by atoms with Crippen LogP contribution in [0.25, 0.3) is 0 Å². The van der Waals surface area contributed by atoms with Gasteiger partial charge in [-0.05, 0) is 30.7 Å². The van der Waals surface area contributed by atoms with Crippen molar-refractivity contribution in [1.82, 2.24) is 9.78 Å². The molecule has 5 nitrogen and oxygen atoms in total. The van der Waals surface area contributed by atoms with Crippen LogP contribution in [0.5, 0.6) is 5.75 Å². The van der Waals surface area contributed by atoms with Gasteiger partial charge in [0.05, 0.1) is 18.8 Å². The number of aromatic nitrogens is 2. The lowest BCUT2D eigenvalue weighted by atomic mass is 10.0. The number of ether oxygens (including phenoxy) is 1. The number of hydrogen-bond acceptors (Lipinski definition) is 4. The second-order valence-corrected chi connectivity index (χ2v) is 4.16. The molecule has 1 aromatic heterocycles. The van der Waals surface area contributed by atoms with E-state index in [2.05, 4.69) is 5.10 Å². The van der Waals surface area contributed by atoms with Crippen LogP contribution >= 0.6 is 0 Å². The molecule has 0 saturated carbocycles. The van der Waals surface area contributed by atoms with Crippen LogP contribution in [0.3, 0.4) is 0 Å². The molecule has 0 saturated heterocycles. The van der Waals surface area contributed by atoms with Crippen molar-refractivity contribution in [2.24, 2.45) is 5.73 Å². The monoisotopic (exact) mass is 259 g/mol. The number of benzene rings is 1. The molecule has 19 heavy (non-hydrogen) atoms. The number of nitrogens with two attached hydrogens (primary N) is 1. The SMILES string of the molecule is CCn1nc(C(N)c2ccc(OC)cc2)ccc1=O. The van der Waals surface area contributed by atoms with Gasteiger partial charge in [-0.1, -0.05) is 12.1 Å². The molecule has 0 radical (unpaired) electrons. The molecule has 0 spiro atoms. The maximum atomic E-state index is 11.5. The van der Waals surface area contributed by atoms with Crippen LogP contribution < -0.4 is 16.0 Å². The summed E-state index contributed by atoms with van der Waals surface area (Å²) in [4.78, 5) is 11.5. The van der Waals surface area contributed by atoms with Gasteiger partial charge in [0.25, 0.3) is 5.56 Å². The standard InChI is InChI=1S/C14H17N3O2/c1-3-17-13(18)9-8-12(16-17)14(15)10-4-6-11(19-2)7-5-10/h4-9,14H,3,15H2,1-2H3. The number of aryl methyl sites for hydroxylation is 1. The second-order valence-electron chi connectivity index (χ2n) is 4.16. The number of hydrogen-bond donors (Lipinski definition) is 1. The largest absolute Gasteiger partial charge is 0.497 e. The fourth-order valence-corrected chi connectivity index (χ4v) is 1.84. The first-order valence-corrected chi connectivity index (χ1v) is 6.13. The Morgan fingerprint density at radius 3 is 2.53 bits per heavy atom. The maximum absolute atomic E-state index is 11.5. The number of methoxy groups -OCH3 is 1. The van der Waals surface area contributed by atoms with E-state index in [1.54, 1.807) is 13.2 Å². The predicted octanol–water partition coefficient (Wildman–Crippen LogP) is 1.32. The van der Waals surface area contributed by atoms with Gasteiger partial charge in [0, 0.05) is 12.6 Å². The first-order valence-electron chi connectivity index (χ1n) is 6.13. The molecule has 5 heteroatoms. The highest BCUT2D eigenvalue weighted by Gasteiger charge is 2.11. The Hall–Kier alpha value is -2.14. The minimum atomic E-state index is -0.357. The average Bonchev–Trinajstić information content (AvgIpc) is 2.47. The molecule has 2 N–H and O–H groups in total. The zero-order chi connectivity index (χ0) is 13.8. The zero-order valence-corrected chi connectivity index (χ0v) is 11.0. The molecule has 0 amide bonds. The normalized spacial score (nSPS) is 12.2. The first kappa shape index (κ1) is 13.3. The summed E-state index contributed by atoms with van der Waals surface area (Å²) in [6.45, 7) is 2.40. The van der Waals surface area contributed by atoms with E-state index < -0.39 is 0 Å². The van der Waals surface area contributed by atoms with Crippen molar-refractivity contribution in [2.45, 2.75) is 19.5 Å². The highest BCUT2D eigenvalue weighted by molar-refractivity contribution is 5.32. The summed E-state index contributed by atoms with van der Waals surface area (Å²) in [6.07, 6.45) is 0. The van der Waals surface area contributed by atoms with Crippen molar-refractivity contribution in [2.75, 3.05) is 7.11 Å². The molecular formula is C14H17N3O2. The summed E-state index contributed by atoms with van der Waals surface area (Å²) in [6, 6.07) is 10.3. The number of nitrogens with zero attached hydrogens (tertiary/aromatic N) is 2. The van der Waals surface area contributed by atoms with Gasteiger partial charge < -0.3 is 10.5 Å². The fourth-order valence-electron chi connectivity index (χ4n) is 1.84. The molecule has 0 aliphatic rings. The molecule has 0 aliphatic carbocycles. The first-order chi connectivity index (χ1) is 9.15. The van der Waals surface area contributed by atoms with Crippen LogP contribution in [-0.4, -0.2) is 16.9 Å². The molecule has 0 bridgehead atoms. The molecule has 1 heterocycles. The molecule has 0 fully saturated rings. The van der Waals surface area contributed by atoms with Crippen LogP contribution in [0.15, 0.2) is 41.2 Å². The van der Waals surface area contributed by atoms with Gasteiger partial charge in [-0.15, -0.1) is 0 Å². The third-order valence-electron chi connectivity index (χ3n) is 2.98. The summed E-state index contributed by atoms with van der Waals surface area (Å²) < 4.78 is 6.51. The molecular weight excluding hydrogens is 242 g/mol. The van der Waals surface area contributed by atoms with Crippen LogP contribution in [0.2, 0.25) is 0 Å². The van der Waals surface area contributed by atoms with Crippen LogP contribution in [0.4, 0.5) is 0 Å². The van der Waals surface area contributed by atoms with Crippen molar-refractivity contribution in [1.29, 1.82) is 0 Å². The van der Waals surface area contributed by atoms with E-state index in [1.807, 2.05) is 31.2 Å². The van der Waals surface area contributed by atoms with Crippen molar-refractivity contribution in [3.63, 3.8) is 0 Å². The highest BCUT2D eigenvalue weighted by Crippen LogP contribution is 2.19. The van der Waals surface area contributed by atoms with Crippen molar-refractivity contribution in [3.05, 3.63) is 58.0 Å². The molecule has 2 rings (SSSR count). The Balaban J connectivity index is 2.32. The van der Waals surface area contributed by atoms with Crippen molar-refractivity contribution < 1.29 is 4.74 Å².